The van der Waals surface area contributed by atoms with Crippen molar-refractivity contribution in [3.05, 3.63) is 52.0 Å². The van der Waals surface area contributed by atoms with Crippen molar-refractivity contribution in [3.63, 3.8) is 0 Å². The smallest absolute Gasteiger partial charge is 0.240 e. The molecule has 1 amide bonds. The van der Waals surface area contributed by atoms with Crippen LogP contribution in [0.5, 0.6) is 17.2 Å². The SMILES string of the molecule is CCc1ccc(OCCCC(=O)N/N=C/c2ccc(OC)c(O)c2)c(Br)c1. The van der Waals surface area contributed by atoms with Gasteiger partial charge in [-0.15, -0.1) is 0 Å². The molecule has 27 heavy (non-hydrogen) atoms. The van der Waals surface area contributed by atoms with E-state index < -0.39 is 0 Å². The molecule has 0 spiro atoms. The summed E-state index contributed by atoms with van der Waals surface area (Å²) in [6, 6.07) is 10.8. The Hall–Kier alpha value is -2.54. The van der Waals surface area contributed by atoms with Gasteiger partial charge in [0, 0.05) is 6.42 Å². The predicted octanol–water partition coefficient (Wildman–Crippen LogP) is 4.04. The number of phenolic OH excluding ortho intramolecular Hbond substituents is 1. The molecule has 2 aromatic carbocycles. The van der Waals surface area contributed by atoms with Crippen LogP contribution in [0.3, 0.4) is 0 Å². The minimum Gasteiger partial charge on any atom is -0.504 e. The maximum atomic E-state index is 11.8. The Morgan fingerprint density at radius 1 is 1.26 bits per heavy atom. The van der Waals surface area contributed by atoms with Crippen molar-refractivity contribution in [3.8, 4) is 17.2 Å². The summed E-state index contributed by atoms with van der Waals surface area (Å²) in [5.74, 6) is 0.966. The highest BCUT2D eigenvalue weighted by molar-refractivity contribution is 9.10. The number of ether oxygens (including phenoxy) is 2. The quantitative estimate of drug-likeness (QED) is 0.354. The molecule has 2 rings (SSSR count). The number of carbonyl (C=O) groups is 1. The fourth-order valence-electron chi connectivity index (χ4n) is 2.32. The lowest BCUT2D eigenvalue weighted by molar-refractivity contribution is -0.121. The van der Waals surface area contributed by atoms with Crippen molar-refractivity contribution in [2.45, 2.75) is 26.2 Å². The van der Waals surface area contributed by atoms with E-state index >= 15 is 0 Å². The van der Waals surface area contributed by atoms with Crippen LogP contribution in [-0.4, -0.2) is 30.9 Å². The zero-order valence-electron chi connectivity index (χ0n) is 15.4. The monoisotopic (exact) mass is 434 g/mol. The number of hydrogen-bond donors (Lipinski definition) is 2. The number of aryl methyl sites for hydroxylation is 1. The number of halogens is 1. The van der Waals surface area contributed by atoms with Crippen molar-refractivity contribution in [2.75, 3.05) is 13.7 Å². The van der Waals surface area contributed by atoms with E-state index in [1.165, 1.54) is 25.0 Å². The summed E-state index contributed by atoms with van der Waals surface area (Å²) in [6.07, 6.45) is 3.30. The lowest BCUT2D eigenvalue weighted by Gasteiger charge is -2.09. The van der Waals surface area contributed by atoms with Crippen LogP contribution in [0.1, 0.15) is 30.9 Å². The molecule has 0 aliphatic heterocycles. The third-order valence-electron chi connectivity index (χ3n) is 3.82. The summed E-state index contributed by atoms with van der Waals surface area (Å²) >= 11 is 3.49. The minimum atomic E-state index is -0.201. The van der Waals surface area contributed by atoms with Crippen molar-refractivity contribution in [1.82, 2.24) is 5.43 Å². The molecular weight excluding hydrogens is 412 g/mol. The van der Waals surface area contributed by atoms with Crippen molar-refractivity contribution < 1.29 is 19.4 Å². The molecule has 0 saturated heterocycles. The number of benzene rings is 2. The van der Waals surface area contributed by atoms with E-state index in [-0.39, 0.29) is 11.7 Å². The topological polar surface area (TPSA) is 80.2 Å². The first-order valence-electron chi connectivity index (χ1n) is 8.63. The molecule has 0 aliphatic rings. The van der Waals surface area contributed by atoms with Gasteiger partial charge < -0.3 is 14.6 Å². The highest BCUT2D eigenvalue weighted by Gasteiger charge is 2.04. The van der Waals surface area contributed by atoms with Crippen LogP contribution in [0, 0.1) is 0 Å². The third-order valence-corrected chi connectivity index (χ3v) is 4.44. The Labute approximate surface area is 167 Å². The standard InChI is InChI=1S/C20H23BrN2O4/c1-3-14-6-8-18(16(21)11-14)27-10-4-5-20(25)23-22-13-15-7-9-19(26-2)17(24)12-15/h6-9,11-13,24H,3-5,10H2,1-2H3,(H,23,25)/b22-13+. The lowest BCUT2D eigenvalue weighted by Crippen LogP contribution is -2.18. The fourth-order valence-corrected chi connectivity index (χ4v) is 2.86. The number of rotatable bonds is 9. The summed E-state index contributed by atoms with van der Waals surface area (Å²) in [5.41, 5.74) is 4.34. The fraction of sp³-hybridized carbons (Fsp3) is 0.300. The molecule has 0 unspecified atom stereocenters. The molecule has 0 atom stereocenters. The molecule has 144 valence electrons. The first-order valence-corrected chi connectivity index (χ1v) is 9.43. The van der Waals surface area contributed by atoms with Gasteiger partial charge in [0.2, 0.25) is 5.91 Å². The maximum absolute atomic E-state index is 11.8. The zero-order chi connectivity index (χ0) is 19.6. The van der Waals surface area contributed by atoms with Crippen LogP contribution in [-0.2, 0) is 11.2 Å². The number of aromatic hydroxyl groups is 1. The second-order valence-electron chi connectivity index (χ2n) is 5.79. The van der Waals surface area contributed by atoms with Gasteiger partial charge in [-0.05, 0) is 70.2 Å². The maximum Gasteiger partial charge on any atom is 0.240 e. The Morgan fingerprint density at radius 2 is 2.04 bits per heavy atom. The molecule has 2 N–H and O–H groups in total. The Kier molecular flexibility index (Phi) is 8.13. The summed E-state index contributed by atoms with van der Waals surface area (Å²) < 4.78 is 11.6. The summed E-state index contributed by atoms with van der Waals surface area (Å²) in [6.45, 7) is 2.54. The van der Waals surface area contributed by atoms with Crippen molar-refractivity contribution >= 4 is 28.1 Å². The Bertz CT molecular complexity index is 809. The number of amides is 1. The van der Waals surface area contributed by atoms with Crippen molar-refractivity contribution in [2.24, 2.45) is 5.10 Å². The molecule has 0 aliphatic carbocycles. The highest BCUT2D eigenvalue weighted by atomic mass is 79.9. The second-order valence-corrected chi connectivity index (χ2v) is 6.65. The van der Waals surface area contributed by atoms with Crippen LogP contribution >= 0.6 is 15.9 Å². The number of phenols is 1. The van der Waals surface area contributed by atoms with Gasteiger partial charge in [-0.3, -0.25) is 4.79 Å². The number of hydrogen-bond acceptors (Lipinski definition) is 5. The van der Waals surface area contributed by atoms with E-state index in [4.69, 9.17) is 9.47 Å². The van der Waals surface area contributed by atoms with E-state index in [2.05, 4.69) is 33.4 Å². The second kappa shape index (κ2) is 10.6. The summed E-state index contributed by atoms with van der Waals surface area (Å²) in [7, 11) is 1.48. The number of nitrogens with zero attached hydrogens (tertiary/aromatic N) is 1. The molecule has 6 nitrogen and oxygen atoms in total. The van der Waals surface area contributed by atoms with Gasteiger partial charge >= 0.3 is 0 Å². The van der Waals surface area contributed by atoms with E-state index in [0.29, 0.717) is 30.8 Å². The Morgan fingerprint density at radius 3 is 2.70 bits per heavy atom. The van der Waals surface area contributed by atoms with Gasteiger partial charge in [-0.25, -0.2) is 5.43 Å². The van der Waals surface area contributed by atoms with Gasteiger partial charge in [-0.1, -0.05) is 13.0 Å². The zero-order valence-corrected chi connectivity index (χ0v) is 17.0. The number of hydrazone groups is 1. The first-order chi connectivity index (χ1) is 13.0. The molecular formula is C20H23BrN2O4. The average molecular weight is 435 g/mol. The summed E-state index contributed by atoms with van der Waals surface area (Å²) in [5, 5.41) is 13.6. The molecule has 0 saturated carbocycles. The van der Waals surface area contributed by atoms with E-state index in [1.54, 1.807) is 12.1 Å². The van der Waals surface area contributed by atoms with Crippen LogP contribution in [0.15, 0.2) is 46.0 Å². The van der Waals surface area contributed by atoms with Crippen LogP contribution in [0.2, 0.25) is 0 Å². The van der Waals surface area contributed by atoms with E-state index in [1.807, 2.05) is 18.2 Å². The molecule has 0 bridgehead atoms. The third kappa shape index (κ3) is 6.60. The average Bonchev–Trinajstić information content (AvgIpc) is 2.66. The number of carbonyl (C=O) groups excluding carboxylic acids is 1. The summed E-state index contributed by atoms with van der Waals surface area (Å²) in [4.78, 5) is 11.8. The molecule has 0 aromatic heterocycles. The van der Waals surface area contributed by atoms with Gasteiger partial charge in [0.1, 0.15) is 5.75 Å². The van der Waals surface area contributed by atoms with Gasteiger partial charge in [0.25, 0.3) is 0 Å². The Balaban J connectivity index is 1.71. The molecule has 0 radical (unpaired) electrons. The minimum absolute atomic E-state index is 0.0167. The molecule has 7 heteroatoms. The molecule has 0 heterocycles. The van der Waals surface area contributed by atoms with Crippen molar-refractivity contribution in [1.29, 1.82) is 0 Å². The van der Waals surface area contributed by atoms with E-state index in [9.17, 15) is 9.90 Å². The number of nitrogens with one attached hydrogen (secondary N) is 1. The highest BCUT2D eigenvalue weighted by Crippen LogP contribution is 2.26. The lowest BCUT2D eigenvalue weighted by atomic mass is 10.2. The van der Waals surface area contributed by atoms with Crippen LogP contribution < -0.4 is 14.9 Å². The predicted molar refractivity (Wildman–Crippen MR) is 109 cm³/mol. The largest absolute Gasteiger partial charge is 0.504 e. The van der Waals surface area contributed by atoms with Crippen LogP contribution in [0.4, 0.5) is 0 Å². The van der Waals surface area contributed by atoms with Crippen LogP contribution in [0.25, 0.3) is 0 Å². The number of methoxy groups -OCH3 is 1. The normalized spacial score (nSPS) is 10.8. The van der Waals surface area contributed by atoms with Gasteiger partial charge in [-0.2, -0.15) is 5.10 Å². The van der Waals surface area contributed by atoms with Gasteiger partial charge in [0.05, 0.1) is 24.4 Å². The molecule has 0 fully saturated rings. The van der Waals surface area contributed by atoms with E-state index in [0.717, 1.165) is 16.6 Å². The first kappa shape index (κ1) is 20.8. The van der Waals surface area contributed by atoms with Gasteiger partial charge in [0.15, 0.2) is 11.5 Å². The molecule has 2 aromatic rings.